The van der Waals surface area contributed by atoms with Gasteiger partial charge in [-0.25, -0.2) is 0 Å². The number of aromatic nitrogens is 3. The van der Waals surface area contributed by atoms with Crippen LogP contribution in [-0.2, 0) is 13.2 Å². The molecule has 10 heteroatoms. The number of carbonyl (C=O) groups is 2. The lowest BCUT2D eigenvalue weighted by atomic mass is 10.2. The van der Waals surface area contributed by atoms with E-state index in [0.717, 1.165) is 16.9 Å². The van der Waals surface area contributed by atoms with Crippen molar-refractivity contribution in [3.63, 3.8) is 0 Å². The van der Waals surface area contributed by atoms with Gasteiger partial charge in [0.1, 0.15) is 12.4 Å². The predicted molar refractivity (Wildman–Crippen MR) is 125 cm³/mol. The SMILES string of the molecule is O=C(NCc1cccnc1)c1cccc(NC(=O)c2nnc(COc3ccc(Cl)cc3)s2)c1. The first-order valence-corrected chi connectivity index (χ1v) is 11.1. The van der Waals surface area contributed by atoms with Crippen LogP contribution in [0.1, 0.15) is 30.7 Å². The van der Waals surface area contributed by atoms with Crippen LogP contribution >= 0.6 is 22.9 Å². The first-order valence-electron chi connectivity index (χ1n) is 9.86. The molecule has 2 N–H and O–H groups in total. The van der Waals surface area contributed by atoms with E-state index in [1.807, 2.05) is 6.07 Å². The summed E-state index contributed by atoms with van der Waals surface area (Å²) in [6.45, 7) is 0.536. The van der Waals surface area contributed by atoms with Crippen LogP contribution in [0.5, 0.6) is 5.75 Å². The van der Waals surface area contributed by atoms with E-state index in [1.165, 1.54) is 0 Å². The van der Waals surface area contributed by atoms with E-state index in [1.54, 1.807) is 67.0 Å². The molecule has 4 aromatic rings. The molecular formula is C23H18ClN5O3S. The molecule has 0 aliphatic heterocycles. The van der Waals surface area contributed by atoms with E-state index >= 15 is 0 Å². The second kappa shape index (κ2) is 10.7. The van der Waals surface area contributed by atoms with Crippen molar-refractivity contribution in [1.82, 2.24) is 20.5 Å². The summed E-state index contributed by atoms with van der Waals surface area (Å²) in [6.07, 6.45) is 3.36. The van der Waals surface area contributed by atoms with E-state index in [4.69, 9.17) is 16.3 Å². The zero-order valence-electron chi connectivity index (χ0n) is 17.2. The number of halogens is 1. The van der Waals surface area contributed by atoms with Crippen molar-refractivity contribution < 1.29 is 14.3 Å². The molecule has 0 bridgehead atoms. The van der Waals surface area contributed by atoms with Crippen LogP contribution in [0, 0.1) is 0 Å². The van der Waals surface area contributed by atoms with Gasteiger partial charge in [0.05, 0.1) is 0 Å². The molecule has 166 valence electrons. The largest absolute Gasteiger partial charge is 0.486 e. The maximum absolute atomic E-state index is 12.6. The number of benzene rings is 2. The molecule has 2 heterocycles. The van der Waals surface area contributed by atoms with Crippen LogP contribution in [0.25, 0.3) is 0 Å². The van der Waals surface area contributed by atoms with E-state index < -0.39 is 5.91 Å². The summed E-state index contributed by atoms with van der Waals surface area (Å²) in [7, 11) is 0. The van der Waals surface area contributed by atoms with E-state index in [9.17, 15) is 9.59 Å². The van der Waals surface area contributed by atoms with Gasteiger partial charge in [0.15, 0.2) is 5.01 Å². The van der Waals surface area contributed by atoms with Crippen LogP contribution in [0.2, 0.25) is 5.02 Å². The summed E-state index contributed by atoms with van der Waals surface area (Å²) >= 11 is 6.99. The molecule has 0 saturated carbocycles. The van der Waals surface area contributed by atoms with Crippen LogP contribution in [0.15, 0.2) is 73.1 Å². The Kier molecular flexibility index (Phi) is 7.23. The van der Waals surface area contributed by atoms with Crippen molar-refractivity contribution in [3.8, 4) is 5.75 Å². The number of hydrogen-bond acceptors (Lipinski definition) is 7. The summed E-state index contributed by atoms with van der Waals surface area (Å²) in [5.74, 6) is -0.0371. The molecular weight excluding hydrogens is 462 g/mol. The third kappa shape index (κ3) is 6.34. The van der Waals surface area contributed by atoms with Gasteiger partial charge in [0.2, 0.25) is 5.01 Å². The summed E-state index contributed by atoms with van der Waals surface area (Å²) in [5, 5.41) is 14.9. The average Bonchev–Trinajstić information content (AvgIpc) is 3.32. The van der Waals surface area contributed by atoms with Gasteiger partial charge in [-0.05, 0) is 54.1 Å². The van der Waals surface area contributed by atoms with Crippen molar-refractivity contribution in [1.29, 1.82) is 0 Å². The fourth-order valence-electron chi connectivity index (χ4n) is 2.79. The number of nitrogens with zero attached hydrogens (tertiary/aromatic N) is 3. The summed E-state index contributed by atoms with van der Waals surface area (Å²) in [5.41, 5.74) is 1.79. The quantitative estimate of drug-likeness (QED) is 0.389. The lowest BCUT2D eigenvalue weighted by molar-refractivity contribution is 0.0949. The van der Waals surface area contributed by atoms with Crippen molar-refractivity contribution in [3.05, 3.63) is 99.2 Å². The molecule has 0 aliphatic rings. The van der Waals surface area contributed by atoms with Gasteiger partial charge in [-0.3, -0.25) is 14.6 Å². The van der Waals surface area contributed by atoms with Gasteiger partial charge in [-0.2, -0.15) is 0 Å². The van der Waals surface area contributed by atoms with Gasteiger partial charge in [0, 0.05) is 35.2 Å². The predicted octanol–water partition coefficient (Wildman–Crippen LogP) is 4.35. The number of ether oxygens (including phenoxy) is 1. The molecule has 2 aromatic heterocycles. The van der Waals surface area contributed by atoms with E-state index in [-0.39, 0.29) is 17.5 Å². The zero-order valence-corrected chi connectivity index (χ0v) is 18.8. The lowest BCUT2D eigenvalue weighted by Crippen LogP contribution is -2.23. The Morgan fingerprint density at radius 2 is 1.85 bits per heavy atom. The number of pyridine rings is 1. The van der Waals surface area contributed by atoms with Crippen molar-refractivity contribution in [2.24, 2.45) is 0 Å². The Bertz CT molecular complexity index is 1250. The van der Waals surface area contributed by atoms with Crippen LogP contribution < -0.4 is 15.4 Å². The Labute approximate surface area is 198 Å². The summed E-state index contributed by atoms with van der Waals surface area (Å²) < 4.78 is 5.62. The number of anilines is 1. The topological polar surface area (TPSA) is 106 Å². The average molecular weight is 480 g/mol. The number of carbonyl (C=O) groups excluding carboxylic acids is 2. The van der Waals surface area contributed by atoms with Crippen molar-refractivity contribution in [2.45, 2.75) is 13.2 Å². The fraction of sp³-hybridized carbons (Fsp3) is 0.0870. The molecule has 0 spiro atoms. The highest BCUT2D eigenvalue weighted by Gasteiger charge is 2.15. The summed E-state index contributed by atoms with van der Waals surface area (Å²) in [4.78, 5) is 29.0. The fourth-order valence-corrected chi connectivity index (χ4v) is 3.56. The van der Waals surface area contributed by atoms with Gasteiger partial charge in [0.25, 0.3) is 11.8 Å². The monoisotopic (exact) mass is 479 g/mol. The minimum atomic E-state index is -0.418. The van der Waals surface area contributed by atoms with Gasteiger partial charge in [-0.15, -0.1) is 10.2 Å². The highest BCUT2D eigenvalue weighted by molar-refractivity contribution is 7.13. The molecule has 0 radical (unpaired) electrons. The molecule has 4 rings (SSSR count). The first-order chi connectivity index (χ1) is 16.1. The maximum Gasteiger partial charge on any atom is 0.286 e. The Hall–Kier alpha value is -3.82. The Morgan fingerprint density at radius 1 is 1.00 bits per heavy atom. The minimum Gasteiger partial charge on any atom is -0.486 e. The van der Waals surface area contributed by atoms with Crippen LogP contribution in [-0.4, -0.2) is 27.0 Å². The smallest absolute Gasteiger partial charge is 0.286 e. The summed E-state index contributed by atoms with van der Waals surface area (Å²) in [6, 6.07) is 17.3. The standard InChI is InChI=1S/C23H18ClN5O3S/c24-17-6-8-19(9-7-17)32-14-20-28-29-23(33-20)22(31)27-18-5-1-4-16(11-18)21(30)26-13-15-3-2-10-25-12-15/h1-12H,13-14H2,(H,26,30)(H,27,31). The number of nitrogens with one attached hydrogen (secondary N) is 2. The van der Waals surface area contributed by atoms with Gasteiger partial charge in [-0.1, -0.05) is 35.1 Å². The van der Waals surface area contributed by atoms with Gasteiger partial charge < -0.3 is 15.4 Å². The molecule has 2 aromatic carbocycles. The molecule has 2 amide bonds. The zero-order chi connectivity index (χ0) is 23.0. The van der Waals surface area contributed by atoms with E-state index in [0.29, 0.717) is 33.6 Å². The Morgan fingerprint density at radius 3 is 2.64 bits per heavy atom. The third-order valence-electron chi connectivity index (χ3n) is 4.40. The minimum absolute atomic E-state index is 0.180. The second-order valence-electron chi connectivity index (χ2n) is 6.82. The molecule has 0 unspecified atom stereocenters. The third-order valence-corrected chi connectivity index (χ3v) is 5.54. The highest BCUT2D eigenvalue weighted by atomic mass is 35.5. The number of amides is 2. The second-order valence-corrected chi connectivity index (χ2v) is 8.32. The number of rotatable bonds is 8. The van der Waals surface area contributed by atoms with Crippen LogP contribution in [0.4, 0.5) is 5.69 Å². The molecule has 33 heavy (non-hydrogen) atoms. The molecule has 0 aliphatic carbocycles. The van der Waals surface area contributed by atoms with Crippen molar-refractivity contribution in [2.75, 3.05) is 5.32 Å². The molecule has 0 atom stereocenters. The first kappa shape index (κ1) is 22.4. The molecule has 8 nitrogen and oxygen atoms in total. The van der Waals surface area contributed by atoms with Gasteiger partial charge >= 0.3 is 0 Å². The number of hydrogen-bond donors (Lipinski definition) is 2. The van der Waals surface area contributed by atoms with Crippen LogP contribution in [0.3, 0.4) is 0 Å². The normalized spacial score (nSPS) is 10.5. The Balaban J connectivity index is 1.33. The maximum atomic E-state index is 12.6. The molecule has 0 saturated heterocycles. The van der Waals surface area contributed by atoms with E-state index in [2.05, 4.69) is 25.8 Å². The van der Waals surface area contributed by atoms with Crippen molar-refractivity contribution >= 4 is 40.4 Å². The highest BCUT2D eigenvalue weighted by Crippen LogP contribution is 2.19. The molecule has 0 fully saturated rings. The lowest BCUT2D eigenvalue weighted by Gasteiger charge is -2.07.